The molecule has 1 amide bonds. The van der Waals surface area contributed by atoms with Crippen molar-refractivity contribution in [3.63, 3.8) is 0 Å². The highest BCUT2D eigenvalue weighted by atomic mass is 16.2. The van der Waals surface area contributed by atoms with E-state index in [1.54, 1.807) is 6.07 Å². The number of carbonyl (C=O) groups excluding carboxylic acids is 1. The fraction of sp³-hybridized carbons (Fsp3) is 0.292. The molecule has 5 nitrogen and oxygen atoms in total. The number of hydrogen-bond acceptors (Lipinski definition) is 4. The molecule has 148 valence electrons. The Morgan fingerprint density at radius 3 is 2.72 bits per heavy atom. The van der Waals surface area contributed by atoms with Crippen LogP contribution in [0.1, 0.15) is 40.2 Å². The molecule has 2 heterocycles. The highest BCUT2D eigenvalue weighted by molar-refractivity contribution is 6.05. The number of hydrogen-bond donors (Lipinski definition) is 1. The monoisotopic (exact) mass is 386 g/mol. The molecule has 1 aliphatic rings. The van der Waals surface area contributed by atoms with E-state index in [4.69, 9.17) is 0 Å². The van der Waals surface area contributed by atoms with Gasteiger partial charge in [-0.1, -0.05) is 48.5 Å². The maximum atomic E-state index is 13.2. The molecule has 3 aromatic rings. The summed E-state index contributed by atoms with van der Waals surface area (Å²) in [6.07, 6.45) is 3.95. The second kappa shape index (κ2) is 8.86. The molecule has 29 heavy (non-hydrogen) atoms. The third-order valence-electron chi connectivity index (χ3n) is 5.20. The van der Waals surface area contributed by atoms with Gasteiger partial charge in [0.1, 0.15) is 5.69 Å². The second-order valence-corrected chi connectivity index (χ2v) is 7.42. The van der Waals surface area contributed by atoms with Gasteiger partial charge in [0, 0.05) is 24.5 Å². The molecule has 0 saturated heterocycles. The Morgan fingerprint density at radius 2 is 1.86 bits per heavy atom. The molecular weight excluding hydrogens is 360 g/mol. The van der Waals surface area contributed by atoms with Crippen LogP contribution in [0, 0.1) is 6.92 Å². The highest BCUT2D eigenvalue weighted by Crippen LogP contribution is 2.28. The van der Waals surface area contributed by atoms with Gasteiger partial charge in [0.15, 0.2) is 0 Å². The lowest BCUT2D eigenvalue weighted by molar-refractivity contribution is 0.0980. The first-order valence-corrected chi connectivity index (χ1v) is 10.2. The van der Waals surface area contributed by atoms with Gasteiger partial charge in [-0.3, -0.25) is 4.79 Å². The number of benzene rings is 2. The van der Waals surface area contributed by atoms with Gasteiger partial charge in [-0.2, -0.15) is 0 Å². The molecule has 0 unspecified atom stereocenters. The summed E-state index contributed by atoms with van der Waals surface area (Å²) in [5.74, 6) is 0.460. The predicted octanol–water partition coefficient (Wildman–Crippen LogP) is 4.42. The van der Waals surface area contributed by atoms with Crippen LogP contribution in [0.4, 0.5) is 11.6 Å². The van der Waals surface area contributed by atoms with Gasteiger partial charge in [0.05, 0.1) is 0 Å². The topological polar surface area (TPSA) is 58.1 Å². The summed E-state index contributed by atoms with van der Waals surface area (Å²) in [4.78, 5) is 24.0. The van der Waals surface area contributed by atoms with Crippen LogP contribution in [0.15, 0.2) is 60.7 Å². The molecule has 0 atom stereocenters. The van der Waals surface area contributed by atoms with E-state index in [-0.39, 0.29) is 5.91 Å². The van der Waals surface area contributed by atoms with Crippen LogP contribution < -0.4 is 10.2 Å². The van der Waals surface area contributed by atoms with Crippen molar-refractivity contribution < 1.29 is 4.79 Å². The van der Waals surface area contributed by atoms with Gasteiger partial charge < -0.3 is 10.2 Å². The van der Waals surface area contributed by atoms with Crippen LogP contribution in [0.2, 0.25) is 0 Å². The van der Waals surface area contributed by atoms with E-state index in [0.29, 0.717) is 11.6 Å². The van der Waals surface area contributed by atoms with Gasteiger partial charge in [0.2, 0.25) is 5.95 Å². The van der Waals surface area contributed by atoms with E-state index in [2.05, 4.69) is 45.6 Å². The molecule has 1 aromatic heterocycles. The SMILES string of the molecule is Cc1cc(C(=O)N2CCCc3ccccc32)nc(NCCCc2ccccc2)n1. The molecule has 1 N–H and O–H groups in total. The Kier molecular flexibility index (Phi) is 5.84. The lowest BCUT2D eigenvalue weighted by Gasteiger charge is -2.29. The van der Waals surface area contributed by atoms with Gasteiger partial charge in [0.25, 0.3) is 5.91 Å². The number of nitrogens with one attached hydrogen (secondary N) is 1. The van der Waals surface area contributed by atoms with Gasteiger partial charge in [-0.15, -0.1) is 0 Å². The summed E-state index contributed by atoms with van der Waals surface area (Å²) in [7, 11) is 0. The highest BCUT2D eigenvalue weighted by Gasteiger charge is 2.24. The molecule has 4 rings (SSSR count). The first-order valence-electron chi connectivity index (χ1n) is 10.2. The lowest BCUT2D eigenvalue weighted by Crippen LogP contribution is -2.36. The van der Waals surface area contributed by atoms with Gasteiger partial charge >= 0.3 is 0 Å². The molecule has 2 aromatic carbocycles. The van der Waals surface area contributed by atoms with Crippen LogP contribution in [0.5, 0.6) is 0 Å². The zero-order valence-corrected chi connectivity index (χ0v) is 16.8. The number of anilines is 2. The average Bonchev–Trinajstić information content (AvgIpc) is 2.76. The zero-order valence-electron chi connectivity index (χ0n) is 16.8. The summed E-state index contributed by atoms with van der Waals surface area (Å²) in [6.45, 7) is 3.38. The van der Waals surface area contributed by atoms with Crippen molar-refractivity contribution >= 4 is 17.5 Å². The Bertz CT molecular complexity index is 987. The van der Waals surface area contributed by atoms with Crippen molar-refractivity contribution in [3.05, 3.63) is 83.2 Å². The summed E-state index contributed by atoms with van der Waals surface area (Å²) in [6, 6.07) is 20.3. The summed E-state index contributed by atoms with van der Waals surface area (Å²) in [5, 5.41) is 3.28. The third kappa shape index (κ3) is 4.62. The quantitative estimate of drug-likeness (QED) is 0.637. The fourth-order valence-electron chi connectivity index (χ4n) is 3.78. The smallest absolute Gasteiger partial charge is 0.277 e. The lowest BCUT2D eigenvalue weighted by atomic mass is 10.0. The first-order chi connectivity index (χ1) is 14.2. The van der Waals surface area contributed by atoms with Crippen molar-refractivity contribution in [1.82, 2.24) is 9.97 Å². The van der Waals surface area contributed by atoms with E-state index < -0.39 is 0 Å². The molecule has 0 saturated carbocycles. The van der Waals surface area contributed by atoms with E-state index in [1.165, 1.54) is 11.1 Å². The number of para-hydroxylation sites is 1. The number of nitrogens with zero attached hydrogens (tertiary/aromatic N) is 3. The van der Waals surface area contributed by atoms with Crippen LogP contribution in [-0.4, -0.2) is 29.0 Å². The van der Waals surface area contributed by atoms with Crippen LogP contribution in [0.25, 0.3) is 0 Å². The normalized spacial score (nSPS) is 13.1. The van der Waals surface area contributed by atoms with Gasteiger partial charge in [-0.05, 0) is 55.9 Å². The third-order valence-corrected chi connectivity index (χ3v) is 5.20. The molecule has 5 heteroatoms. The minimum absolute atomic E-state index is 0.0602. The van der Waals surface area contributed by atoms with Crippen molar-refractivity contribution in [2.45, 2.75) is 32.6 Å². The number of amides is 1. The molecule has 0 fully saturated rings. The molecule has 0 aliphatic carbocycles. The molecule has 0 spiro atoms. The van der Waals surface area contributed by atoms with Crippen molar-refractivity contribution in [2.75, 3.05) is 23.3 Å². The van der Waals surface area contributed by atoms with Crippen molar-refractivity contribution in [2.24, 2.45) is 0 Å². The minimum atomic E-state index is -0.0602. The molecule has 0 radical (unpaired) electrons. The van der Waals surface area contributed by atoms with Crippen LogP contribution >= 0.6 is 0 Å². The molecule has 0 bridgehead atoms. The summed E-state index contributed by atoms with van der Waals surface area (Å²) >= 11 is 0. The number of carbonyl (C=O) groups is 1. The number of aromatic nitrogens is 2. The first kappa shape index (κ1) is 19.1. The van der Waals surface area contributed by atoms with E-state index in [0.717, 1.165) is 50.2 Å². The Morgan fingerprint density at radius 1 is 1.07 bits per heavy atom. The fourth-order valence-corrected chi connectivity index (χ4v) is 3.78. The maximum Gasteiger partial charge on any atom is 0.277 e. The summed E-state index contributed by atoms with van der Waals surface area (Å²) in [5.41, 5.74) is 4.77. The molecule has 1 aliphatic heterocycles. The number of fused-ring (bicyclic) bond motifs is 1. The van der Waals surface area contributed by atoms with Crippen LogP contribution in [0.3, 0.4) is 0 Å². The summed E-state index contributed by atoms with van der Waals surface area (Å²) < 4.78 is 0. The van der Waals surface area contributed by atoms with Crippen molar-refractivity contribution in [1.29, 1.82) is 0 Å². The van der Waals surface area contributed by atoms with Gasteiger partial charge in [-0.25, -0.2) is 9.97 Å². The largest absolute Gasteiger partial charge is 0.354 e. The van der Waals surface area contributed by atoms with E-state index >= 15 is 0 Å². The average molecular weight is 386 g/mol. The Hall–Kier alpha value is -3.21. The minimum Gasteiger partial charge on any atom is -0.354 e. The van der Waals surface area contributed by atoms with Crippen molar-refractivity contribution in [3.8, 4) is 0 Å². The van der Waals surface area contributed by atoms with Crippen LogP contribution in [-0.2, 0) is 12.8 Å². The Labute approximate surface area is 171 Å². The molecular formula is C24H26N4O. The standard InChI is InChI=1S/C24H26N4O/c1-18-17-21(23(29)28-16-8-13-20-12-5-6-14-22(20)28)27-24(26-18)25-15-7-11-19-9-3-2-4-10-19/h2-6,9-10,12,14,17H,7-8,11,13,15-16H2,1H3,(H,25,26,27). The predicted molar refractivity (Wildman–Crippen MR) is 116 cm³/mol. The zero-order chi connectivity index (χ0) is 20.1. The van der Waals surface area contributed by atoms with E-state index in [9.17, 15) is 4.79 Å². The number of rotatable bonds is 6. The maximum absolute atomic E-state index is 13.2. The second-order valence-electron chi connectivity index (χ2n) is 7.42. The van der Waals surface area contributed by atoms with E-state index in [1.807, 2.05) is 36.1 Å². The Balaban J connectivity index is 1.44. The number of aryl methyl sites for hydroxylation is 3.